The third kappa shape index (κ3) is 3.74. The highest BCUT2D eigenvalue weighted by atomic mass is 16.5. The molecule has 0 bridgehead atoms. The van der Waals surface area contributed by atoms with Gasteiger partial charge in [0.2, 0.25) is 0 Å². The Morgan fingerprint density at radius 1 is 1.38 bits per heavy atom. The number of allylic oxidation sites excluding steroid dienone is 3. The summed E-state index contributed by atoms with van der Waals surface area (Å²) in [4.78, 5) is 12.2. The van der Waals surface area contributed by atoms with Crippen LogP contribution in [0, 0.1) is 13.8 Å². The van der Waals surface area contributed by atoms with E-state index in [2.05, 4.69) is 18.3 Å². The Bertz CT molecular complexity index is 849. The van der Waals surface area contributed by atoms with Crippen LogP contribution in [0.4, 0.5) is 0 Å². The summed E-state index contributed by atoms with van der Waals surface area (Å²) >= 11 is 0. The van der Waals surface area contributed by atoms with Gasteiger partial charge in [0.15, 0.2) is 0 Å². The van der Waals surface area contributed by atoms with Crippen molar-refractivity contribution in [2.45, 2.75) is 27.3 Å². The minimum absolute atomic E-state index is 0.109. The first-order chi connectivity index (χ1) is 11.3. The van der Waals surface area contributed by atoms with Gasteiger partial charge in [0.1, 0.15) is 11.5 Å². The maximum atomic E-state index is 12.2. The van der Waals surface area contributed by atoms with Crippen LogP contribution in [-0.2, 0) is 11.3 Å². The third-order valence-electron chi connectivity index (χ3n) is 3.67. The lowest BCUT2D eigenvalue weighted by Crippen LogP contribution is -2.20. The lowest BCUT2D eigenvalue weighted by Gasteiger charge is -2.13. The monoisotopic (exact) mass is 326 g/mol. The number of methoxy groups -OCH3 is 1. The van der Waals surface area contributed by atoms with E-state index in [1.165, 1.54) is 6.07 Å². The summed E-state index contributed by atoms with van der Waals surface area (Å²) < 4.78 is 12.0. The van der Waals surface area contributed by atoms with E-state index < -0.39 is 0 Å². The van der Waals surface area contributed by atoms with E-state index in [-0.39, 0.29) is 5.56 Å². The summed E-state index contributed by atoms with van der Waals surface area (Å²) in [5.74, 6) is 1.23. The van der Waals surface area contributed by atoms with Crippen molar-refractivity contribution in [3.63, 3.8) is 0 Å². The minimum atomic E-state index is -0.109. The lowest BCUT2D eigenvalue weighted by molar-refractivity contribution is 0.299. The Balaban J connectivity index is 2.47. The largest absolute Gasteiger partial charge is 0.497 e. The molecule has 0 amide bonds. The van der Waals surface area contributed by atoms with E-state index in [9.17, 15) is 4.79 Å². The number of ether oxygens (including phenoxy) is 1. The van der Waals surface area contributed by atoms with Crippen LogP contribution in [0.5, 0.6) is 0 Å². The highest BCUT2D eigenvalue weighted by molar-refractivity contribution is 5.66. The van der Waals surface area contributed by atoms with Gasteiger partial charge in [-0.3, -0.25) is 4.79 Å². The smallest absolute Gasteiger partial charge is 0.250 e. The van der Waals surface area contributed by atoms with Crippen molar-refractivity contribution in [2.24, 2.45) is 0 Å². The van der Waals surface area contributed by atoms with E-state index in [0.29, 0.717) is 12.3 Å². The molecule has 5 nitrogen and oxygen atoms in total. The number of hydrogen-bond donors (Lipinski definition) is 0. The van der Waals surface area contributed by atoms with E-state index >= 15 is 0 Å². The van der Waals surface area contributed by atoms with Crippen molar-refractivity contribution >= 4 is 0 Å². The SMILES string of the molecule is C=C(C)/C=C(/Cn1cc(-c2c(C)noc2C)ccc1=O)C(=C)OC. The molecule has 0 spiro atoms. The maximum Gasteiger partial charge on any atom is 0.250 e. The van der Waals surface area contributed by atoms with Gasteiger partial charge in [-0.15, -0.1) is 0 Å². The fourth-order valence-electron chi connectivity index (χ4n) is 2.52. The van der Waals surface area contributed by atoms with Crippen LogP contribution in [0.15, 0.2) is 63.8 Å². The van der Waals surface area contributed by atoms with Crippen LogP contribution in [-0.4, -0.2) is 16.8 Å². The zero-order chi connectivity index (χ0) is 17.9. The number of pyridine rings is 1. The molecule has 0 saturated carbocycles. The van der Waals surface area contributed by atoms with Crippen LogP contribution >= 0.6 is 0 Å². The maximum absolute atomic E-state index is 12.2. The highest BCUT2D eigenvalue weighted by Crippen LogP contribution is 2.26. The van der Waals surface area contributed by atoms with Gasteiger partial charge in [0, 0.05) is 29.0 Å². The molecule has 2 aromatic heterocycles. The van der Waals surface area contributed by atoms with E-state index in [0.717, 1.165) is 33.7 Å². The van der Waals surface area contributed by atoms with Gasteiger partial charge in [0.25, 0.3) is 5.56 Å². The molecule has 24 heavy (non-hydrogen) atoms. The first kappa shape index (κ1) is 17.5. The van der Waals surface area contributed by atoms with E-state index in [1.807, 2.05) is 26.8 Å². The Kier molecular flexibility index (Phi) is 5.24. The number of aryl methyl sites for hydroxylation is 2. The van der Waals surface area contributed by atoms with Crippen molar-refractivity contribution in [1.82, 2.24) is 9.72 Å². The van der Waals surface area contributed by atoms with Crippen molar-refractivity contribution < 1.29 is 9.26 Å². The number of hydrogen-bond acceptors (Lipinski definition) is 4. The molecule has 0 aromatic carbocycles. The fourth-order valence-corrected chi connectivity index (χ4v) is 2.52. The Morgan fingerprint density at radius 3 is 2.62 bits per heavy atom. The van der Waals surface area contributed by atoms with Gasteiger partial charge >= 0.3 is 0 Å². The average Bonchev–Trinajstić information content (AvgIpc) is 2.86. The molecule has 0 aliphatic heterocycles. The Morgan fingerprint density at radius 2 is 2.08 bits per heavy atom. The second kappa shape index (κ2) is 7.17. The normalized spacial score (nSPS) is 11.4. The average molecular weight is 326 g/mol. The molecule has 5 heteroatoms. The molecule has 0 radical (unpaired) electrons. The molecular formula is C19H22N2O3. The molecule has 0 aliphatic rings. The van der Waals surface area contributed by atoms with Crippen molar-refractivity contribution in [1.29, 1.82) is 0 Å². The Labute approximate surface area is 141 Å². The molecule has 0 N–H and O–H groups in total. The minimum Gasteiger partial charge on any atom is -0.497 e. The molecule has 126 valence electrons. The van der Waals surface area contributed by atoms with Gasteiger partial charge in [-0.25, -0.2) is 0 Å². The Hall–Kier alpha value is -2.82. The van der Waals surface area contributed by atoms with Crippen LogP contribution < -0.4 is 5.56 Å². The summed E-state index contributed by atoms with van der Waals surface area (Å²) in [6, 6.07) is 3.31. The van der Waals surface area contributed by atoms with E-state index in [4.69, 9.17) is 9.26 Å². The third-order valence-corrected chi connectivity index (χ3v) is 3.67. The van der Waals surface area contributed by atoms with Gasteiger partial charge in [0.05, 0.1) is 19.3 Å². The van der Waals surface area contributed by atoms with Gasteiger partial charge in [-0.05, 0) is 26.8 Å². The van der Waals surface area contributed by atoms with Gasteiger partial charge in [-0.2, -0.15) is 0 Å². The van der Waals surface area contributed by atoms with Crippen LogP contribution in [0.25, 0.3) is 11.1 Å². The first-order valence-corrected chi connectivity index (χ1v) is 7.56. The van der Waals surface area contributed by atoms with Crippen LogP contribution in [0.3, 0.4) is 0 Å². The van der Waals surface area contributed by atoms with E-state index in [1.54, 1.807) is 23.9 Å². The van der Waals surface area contributed by atoms with Crippen molar-refractivity contribution in [3.8, 4) is 11.1 Å². The molecule has 2 heterocycles. The summed E-state index contributed by atoms with van der Waals surface area (Å²) in [6.45, 7) is 13.7. The molecule has 0 fully saturated rings. The summed E-state index contributed by atoms with van der Waals surface area (Å²) in [5, 5.41) is 3.97. The quantitative estimate of drug-likeness (QED) is 0.599. The summed E-state index contributed by atoms with van der Waals surface area (Å²) in [7, 11) is 1.55. The number of nitrogens with zero attached hydrogens (tertiary/aromatic N) is 2. The molecular weight excluding hydrogens is 304 g/mol. The fraction of sp³-hybridized carbons (Fsp3) is 0.263. The zero-order valence-electron chi connectivity index (χ0n) is 14.5. The highest BCUT2D eigenvalue weighted by Gasteiger charge is 2.13. The predicted octanol–water partition coefficient (Wildman–Crippen LogP) is 3.78. The first-order valence-electron chi connectivity index (χ1n) is 7.56. The van der Waals surface area contributed by atoms with Crippen LogP contribution in [0.2, 0.25) is 0 Å². The second-order valence-corrected chi connectivity index (χ2v) is 5.73. The van der Waals surface area contributed by atoms with Gasteiger partial charge in [-0.1, -0.05) is 30.0 Å². The second-order valence-electron chi connectivity index (χ2n) is 5.73. The molecule has 0 atom stereocenters. The molecule has 2 rings (SSSR count). The molecule has 2 aromatic rings. The van der Waals surface area contributed by atoms with Gasteiger partial charge < -0.3 is 13.8 Å². The van der Waals surface area contributed by atoms with Crippen molar-refractivity contribution in [3.05, 3.63) is 76.3 Å². The van der Waals surface area contributed by atoms with Crippen molar-refractivity contribution in [2.75, 3.05) is 7.11 Å². The number of aromatic nitrogens is 2. The number of rotatable bonds is 6. The summed E-state index contributed by atoms with van der Waals surface area (Å²) in [6.07, 6.45) is 3.66. The molecule has 0 aliphatic carbocycles. The lowest BCUT2D eigenvalue weighted by atomic mass is 10.1. The zero-order valence-corrected chi connectivity index (χ0v) is 14.5. The molecule has 0 unspecified atom stereocenters. The molecule has 0 saturated heterocycles. The van der Waals surface area contributed by atoms with Crippen LogP contribution in [0.1, 0.15) is 18.4 Å². The standard InChI is InChI=1S/C19H22N2O3/c1-12(2)9-17(14(4)23-6)11-21-10-16(7-8-18(21)22)19-13(3)20-24-15(19)5/h7-10H,1,4,11H2,2-3,5-6H3/b17-9-. The topological polar surface area (TPSA) is 57.3 Å². The summed E-state index contributed by atoms with van der Waals surface area (Å²) in [5.41, 5.74) is 4.11. The predicted molar refractivity (Wildman–Crippen MR) is 94.7 cm³/mol.